The molecule has 3 fully saturated rings. The Kier molecular flexibility index (Phi) is 5.42. The van der Waals surface area contributed by atoms with Crippen LogP contribution in [0.15, 0.2) is 6.07 Å². The summed E-state index contributed by atoms with van der Waals surface area (Å²) >= 11 is 0. The molecule has 0 bridgehead atoms. The van der Waals surface area contributed by atoms with Gasteiger partial charge in [-0.1, -0.05) is 13.8 Å². The molecule has 0 unspecified atom stereocenters. The van der Waals surface area contributed by atoms with Crippen molar-refractivity contribution in [2.45, 2.75) is 51.7 Å². The zero-order valence-corrected chi connectivity index (χ0v) is 18.9. The van der Waals surface area contributed by atoms with Crippen LogP contribution in [0.25, 0.3) is 0 Å². The molecule has 3 aliphatic heterocycles. The van der Waals surface area contributed by atoms with E-state index in [0.29, 0.717) is 18.7 Å². The minimum Gasteiger partial charge on any atom is -0.331 e. The molecule has 0 N–H and O–H groups in total. The highest BCUT2D eigenvalue weighted by atomic mass is 32.2. The van der Waals surface area contributed by atoms with E-state index in [1.807, 2.05) is 27.0 Å². The van der Waals surface area contributed by atoms with E-state index in [1.165, 1.54) is 12.8 Å². The molecule has 4 heterocycles. The number of likely N-dealkylation sites (tertiary alicyclic amines) is 2. The van der Waals surface area contributed by atoms with Gasteiger partial charge in [0.2, 0.25) is 15.9 Å². The third-order valence-electron chi connectivity index (χ3n) is 6.71. The Balaban J connectivity index is 1.60. The number of aryl methyl sites for hydroxylation is 1. The van der Waals surface area contributed by atoms with Gasteiger partial charge in [-0.3, -0.25) is 19.2 Å². The lowest BCUT2D eigenvalue weighted by Gasteiger charge is -2.28. The van der Waals surface area contributed by atoms with Gasteiger partial charge < -0.3 is 4.90 Å². The van der Waals surface area contributed by atoms with Gasteiger partial charge in [0.05, 0.1) is 30.0 Å². The van der Waals surface area contributed by atoms with Crippen molar-refractivity contribution in [2.24, 2.45) is 18.9 Å². The quantitative estimate of drug-likeness (QED) is 0.672. The summed E-state index contributed by atoms with van der Waals surface area (Å²) in [5.74, 6) is -1.21. The van der Waals surface area contributed by atoms with Crippen molar-refractivity contribution < 1.29 is 18.0 Å². The molecule has 9 nitrogen and oxygen atoms in total. The van der Waals surface area contributed by atoms with Crippen molar-refractivity contribution in [2.75, 3.05) is 25.9 Å². The van der Waals surface area contributed by atoms with Crippen LogP contribution in [0.3, 0.4) is 0 Å². The van der Waals surface area contributed by atoms with Crippen LogP contribution in [0.2, 0.25) is 0 Å². The number of sulfonamides is 1. The van der Waals surface area contributed by atoms with E-state index in [2.05, 4.69) is 10.00 Å². The topological polar surface area (TPSA) is 95.8 Å². The molecule has 0 aromatic carbocycles. The van der Waals surface area contributed by atoms with Crippen LogP contribution in [-0.2, 0) is 28.4 Å². The molecule has 0 radical (unpaired) electrons. The van der Waals surface area contributed by atoms with Gasteiger partial charge in [0.25, 0.3) is 5.91 Å². The molecule has 4 rings (SSSR count). The van der Waals surface area contributed by atoms with E-state index in [4.69, 9.17) is 0 Å². The lowest BCUT2D eigenvalue weighted by atomic mass is 9.88. The van der Waals surface area contributed by atoms with Gasteiger partial charge in [0, 0.05) is 20.1 Å². The predicted octanol–water partition coefficient (Wildman–Crippen LogP) is 0.673. The number of carbonyl (C=O) groups is 2. The number of rotatable bonds is 5. The zero-order valence-electron chi connectivity index (χ0n) is 18.1. The Morgan fingerprint density at radius 2 is 1.90 bits per heavy atom. The number of aromatic nitrogens is 2. The normalized spacial score (nSPS) is 27.5. The minimum atomic E-state index is -3.68. The largest absolute Gasteiger partial charge is 0.331 e. The number of hydrogen-bond acceptors (Lipinski definition) is 6. The van der Waals surface area contributed by atoms with Crippen molar-refractivity contribution in [3.63, 3.8) is 0 Å². The minimum absolute atomic E-state index is 0.0698. The van der Waals surface area contributed by atoms with E-state index in [9.17, 15) is 18.0 Å². The average molecular weight is 438 g/mol. The van der Waals surface area contributed by atoms with Gasteiger partial charge in [-0.15, -0.1) is 0 Å². The number of carbonyl (C=O) groups excluding carboxylic acids is 2. The summed E-state index contributed by atoms with van der Waals surface area (Å²) in [5, 5.41) is 4.45. The third-order valence-corrected chi connectivity index (χ3v) is 7.87. The second kappa shape index (κ2) is 7.64. The Labute approximate surface area is 178 Å². The first kappa shape index (κ1) is 21.3. The Morgan fingerprint density at radius 3 is 2.50 bits per heavy atom. The molecule has 1 aromatic rings. The van der Waals surface area contributed by atoms with E-state index >= 15 is 0 Å². The summed E-state index contributed by atoms with van der Waals surface area (Å²) in [6.45, 7) is 7.11. The SMILES string of the molecule is CC(C)[C@H]1C(=O)N(S(C)(=O)=O)[C@H]2CCN(C(=O)c3cc(CN4CCCC4)n(C)n3)[C@H]12. The summed E-state index contributed by atoms with van der Waals surface area (Å²) in [7, 11) is -1.84. The molecule has 3 saturated heterocycles. The van der Waals surface area contributed by atoms with Crippen molar-refractivity contribution in [1.29, 1.82) is 0 Å². The fourth-order valence-corrected chi connectivity index (χ4v) is 6.52. The number of hydrogen-bond donors (Lipinski definition) is 0. The molecule has 3 aliphatic rings. The number of nitrogens with zero attached hydrogens (tertiary/aromatic N) is 5. The van der Waals surface area contributed by atoms with Gasteiger partial charge in [-0.25, -0.2) is 12.7 Å². The number of amides is 2. The predicted molar refractivity (Wildman–Crippen MR) is 111 cm³/mol. The smallest absolute Gasteiger partial charge is 0.274 e. The summed E-state index contributed by atoms with van der Waals surface area (Å²) in [6.07, 6.45) is 3.92. The zero-order chi connectivity index (χ0) is 21.8. The van der Waals surface area contributed by atoms with Crippen molar-refractivity contribution in [3.8, 4) is 0 Å². The average Bonchev–Trinajstić information content (AvgIpc) is 3.39. The van der Waals surface area contributed by atoms with Crippen molar-refractivity contribution in [3.05, 3.63) is 17.5 Å². The maximum absolute atomic E-state index is 13.4. The summed E-state index contributed by atoms with van der Waals surface area (Å²) < 4.78 is 27.4. The van der Waals surface area contributed by atoms with E-state index in [0.717, 1.165) is 35.9 Å². The van der Waals surface area contributed by atoms with Gasteiger partial charge in [-0.05, 0) is 44.3 Å². The Morgan fingerprint density at radius 1 is 1.23 bits per heavy atom. The highest BCUT2D eigenvalue weighted by Crippen LogP contribution is 2.41. The van der Waals surface area contributed by atoms with Gasteiger partial charge >= 0.3 is 0 Å². The first-order valence-electron chi connectivity index (χ1n) is 10.7. The second-order valence-corrected chi connectivity index (χ2v) is 11.0. The molecule has 30 heavy (non-hydrogen) atoms. The first-order chi connectivity index (χ1) is 14.1. The first-order valence-corrected chi connectivity index (χ1v) is 12.5. The van der Waals surface area contributed by atoms with Crippen molar-refractivity contribution in [1.82, 2.24) is 23.9 Å². The Bertz CT molecular complexity index is 950. The lowest BCUT2D eigenvalue weighted by molar-refractivity contribution is -0.129. The molecule has 10 heteroatoms. The van der Waals surface area contributed by atoms with E-state index in [1.54, 1.807) is 9.58 Å². The molecule has 2 amide bonds. The Hall–Kier alpha value is -1.94. The monoisotopic (exact) mass is 437 g/mol. The maximum Gasteiger partial charge on any atom is 0.274 e. The van der Waals surface area contributed by atoms with Crippen LogP contribution in [0, 0.1) is 11.8 Å². The van der Waals surface area contributed by atoms with Gasteiger partial charge in [0.1, 0.15) is 0 Å². The fraction of sp³-hybridized carbons (Fsp3) is 0.750. The molecule has 166 valence electrons. The summed E-state index contributed by atoms with van der Waals surface area (Å²) in [4.78, 5) is 30.4. The summed E-state index contributed by atoms with van der Waals surface area (Å²) in [5.41, 5.74) is 1.34. The van der Waals surface area contributed by atoms with Crippen molar-refractivity contribution >= 4 is 21.8 Å². The highest BCUT2D eigenvalue weighted by molar-refractivity contribution is 7.88. The van der Waals surface area contributed by atoms with Crippen LogP contribution in [0.4, 0.5) is 0 Å². The molecule has 0 aliphatic carbocycles. The van der Waals surface area contributed by atoms with Gasteiger partial charge in [-0.2, -0.15) is 5.10 Å². The molecule has 0 spiro atoms. The summed E-state index contributed by atoms with van der Waals surface area (Å²) in [6, 6.07) is 0.907. The third kappa shape index (κ3) is 3.53. The standard InChI is InChI=1S/C20H31N5O4S/c1-13(2)17-18-16(25(20(17)27)30(4,28)29)7-10-24(18)19(26)15-11-14(22(3)21-15)12-23-8-5-6-9-23/h11,13,16-18H,5-10,12H2,1-4H3/t16-,17+,18-/m0/s1. The maximum atomic E-state index is 13.4. The second-order valence-electron chi connectivity index (χ2n) is 9.14. The van der Waals surface area contributed by atoms with Crippen LogP contribution in [0.1, 0.15) is 49.3 Å². The molecular weight excluding hydrogens is 406 g/mol. The van der Waals surface area contributed by atoms with E-state index in [-0.39, 0.29) is 11.8 Å². The van der Waals surface area contributed by atoms with Crippen LogP contribution >= 0.6 is 0 Å². The molecular formula is C20H31N5O4S. The van der Waals surface area contributed by atoms with Crippen LogP contribution < -0.4 is 0 Å². The highest BCUT2D eigenvalue weighted by Gasteiger charge is 2.58. The molecule has 0 saturated carbocycles. The lowest BCUT2D eigenvalue weighted by Crippen LogP contribution is -2.44. The fourth-order valence-electron chi connectivity index (χ4n) is 5.35. The van der Waals surface area contributed by atoms with Crippen LogP contribution in [-0.4, -0.2) is 82.1 Å². The number of fused-ring (bicyclic) bond motifs is 1. The van der Waals surface area contributed by atoms with E-state index < -0.39 is 33.9 Å². The van der Waals surface area contributed by atoms with Crippen LogP contribution in [0.5, 0.6) is 0 Å². The molecule has 1 aromatic heterocycles. The van der Waals surface area contributed by atoms with Gasteiger partial charge in [0.15, 0.2) is 5.69 Å². The molecule has 3 atom stereocenters.